The number of fused-ring (bicyclic) bond motifs is 1. The van der Waals surface area contributed by atoms with Gasteiger partial charge in [-0.25, -0.2) is 4.99 Å². The largest absolute Gasteiger partial charge is 0.497 e. The molecule has 3 aromatic rings. The summed E-state index contributed by atoms with van der Waals surface area (Å²) in [6.07, 6.45) is 4.10. The van der Waals surface area contributed by atoms with Crippen molar-refractivity contribution in [3.63, 3.8) is 0 Å². The number of methoxy groups -OCH3 is 2. The van der Waals surface area contributed by atoms with Crippen LogP contribution in [-0.2, 0) is 9.53 Å². The zero-order chi connectivity index (χ0) is 22.7. The van der Waals surface area contributed by atoms with Crippen molar-refractivity contribution in [3.05, 3.63) is 65.2 Å². The second-order valence-corrected chi connectivity index (χ2v) is 8.76. The third kappa shape index (κ3) is 4.45. The van der Waals surface area contributed by atoms with Gasteiger partial charge in [0.15, 0.2) is 5.17 Å². The lowest BCUT2D eigenvalue weighted by Crippen LogP contribution is -2.32. The summed E-state index contributed by atoms with van der Waals surface area (Å²) in [5.74, 6) is 0.711. The van der Waals surface area contributed by atoms with Gasteiger partial charge in [0.25, 0.3) is 5.91 Å². The normalized spacial score (nSPS) is 16.8. The Hall–Kier alpha value is -3.03. The molecule has 7 heteroatoms. The SMILES string of the molecule is COCCN1C(=O)/C(=C/c2cn(C(C)C)c3ccccc23)SC1=Nc1ccc(OC)cc1. The Kier molecular flexibility index (Phi) is 6.67. The molecule has 2 aromatic carbocycles. The van der Waals surface area contributed by atoms with E-state index < -0.39 is 0 Å². The topological polar surface area (TPSA) is 56.1 Å². The molecular formula is C25H27N3O3S. The molecule has 1 aliphatic rings. The Labute approximate surface area is 192 Å². The van der Waals surface area contributed by atoms with Crippen molar-refractivity contribution in [3.8, 4) is 5.75 Å². The fourth-order valence-electron chi connectivity index (χ4n) is 3.65. The van der Waals surface area contributed by atoms with Crippen molar-refractivity contribution in [2.45, 2.75) is 19.9 Å². The van der Waals surface area contributed by atoms with E-state index in [1.807, 2.05) is 42.5 Å². The van der Waals surface area contributed by atoms with Crippen LogP contribution in [0, 0.1) is 0 Å². The van der Waals surface area contributed by atoms with Gasteiger partial charge in [-0.1, -0.05) is 18.2 Å². The third-order valence-corrected chi connectivity index (χ3v) is 6.33. The van der Waals surface area contributed by atoms with Gasteiger partial charge in [0.05, 0.1) is 30.9 Å². The van der Waals surface area contributed by atoms with Gasteiger partial charge in [-0.3, -0.25) is 9.69 Å². The fraction of sp³-hybridized carbons (Fsp3) is 0.280. The molecule has 4 rings (SSSR count). The summed E-state index contributed by atoms with van der Waals surface area (Å²) in [4.78, 5) is 20.3. The van der Waals surface area contributed by atoms with E-state index in [1.54, 1.807) is 19.1 Å². The lowest BCUT2D eigenvalue weighted by atomic mass is 10.1. The number of nitrogens with zero attached hydrogens (tertiary/aromatic N) is 3. The van der Waals surface area contributed by atoms with Gasteiger partial charge >= 0.3 is 0 Å². The van der Waals surface area contributed by atoms with Crippen molar-refractivity contribution < 1.29 is 14.3 Å². The fourth-order valence-corrected chi connectivity index (χ4v) is 4.67. The monoisotopic (exact) mass is 449 g/mol. The van der Waals surface area contributed by atoms with Gasteiger partial charge in [0.2, 0.25) is 0 Å². The number of ether oxygens (including phenoxy) is 2. The maximum atomic E-state index is 13.3. The van der Waals surface area contributed by atoms with Crippen LogP contribution in [0.5, 0.6) is 5.75 Å². The molecule has 32 heavy (non-hydrogen) atoms. The minimum absolute atomic E-state index is 0.0549. The van der Waals surface area contributed by atoms with Crippen LogP contribution in [0.1, 0.15) is 25.5 Å². The van der Waals surface area contributed by atoms with Crippen LogP contribution in [0.2, 0.25) is 0 Å². The highest BCUT2D eigenvalue weighted by Gasteiger charge is 2.33. The van der Waals surface area contributed by atoms with Gasteiger partial charge in [-0.2, -0.15) is 0 Å². The molecule has 0 radical (unpaired) electrons. The van der Waals surface area contributed by atoms with Crippen LogP contribution in [-0.4, -0.2) is 47.9 Å². The molecular weight excluding hydrogens is 422 g/mol. The molecule has 1 saturated heterocycles. The van der Waals surface area contributed by atoms with Crippen LogP contribution in [0.15, 0.2) is 64.6 Å². The quantitative estimate of drug-likeness (QED) is 0.448. The summed E-state index contributed by atoms with van der Waals surface area (Å²) >= 11 is 1.39. The number of carbonyl (C=O) groups excluding carboxylic acids is 1. The van der Waals surface area contributed by atoms with E-state index in [1.165, 1.54) is 11.8 Å². The minimum atomic E-state index is -0.0549. The molecule has 0 unspecified atom stereocenters. The maximum Gasteiger partial charge on any atom is 0.266 e. The Bertz CT molecular complexity index is 1180. The summed E-state index contributed by atoms with van der Waals surface area (Å²) in [6, 6.07) is 16.1. The number of carbonyl (C=O) groups is 1. The number of amides is 1. The summed E-state index contributed by atoms with van der Waals surface area (Å²) < 4.78 is 12.7. The number of thioether (sulfide) groups is 1. The number of aromatic nitrogens is 1. The number of aliphatic imine (C=N–C) groups is 1. The van der Waals surface area contributed by atoms with Crippen LogP contribution < -0.4 is 4.74 Å². The Morgan fingerprint density at radius 2 is 1.84 bits per heavy atom. The molecule has 0 atom stereocenters. The lowest BCUT2D eigenvalue weighted by Gasteiger charge is -2.14. The van der Waals surface area contributed by atoms with Gasteiger partial charge < -0.3 is 14.0 Å². The van der Waals surface area contributed by atoms with E-state index in [2.05, 4.69) is 36.7 Å². The molecule has 1 aliphatic heterocycles. The van der Waals surface area contributed by atoms with E-state index >= 15 is 0 Å². The third-order valence-electron chi connectivity index (χ3n) is 5.32. The highest BCUT2D eigenvalue weighted by atomic mass is 32.2. The zero-order valence-electron chi connectivity index (χ0n) is 18.7. The van der Waals surface area contributed by atoms with Gasteiger partial charge in [-0.05, 0) is 62.0 Å². The molecule has 6 nitrogen and oxygen atoms in total. The second-order valence-electron chi connectivity index (χ2n) is 7.76. The van der Waals surface area contributed by atoms with Crippen LogP contribution in [0.25, 0.3) is 17.0 Å². The van der Waals surface area contributed by atoms with Crippen LogP contribution in [0.3, 0.4) is 0 Å². The molecule has 1 amide bonds. The van der Waals surface area contributed by atoms with Crippen LogP contribution in [0.4, 0.5) is 5.69 Å². The number of para-hydroxylation sites is 1. The second kappa shape index (κ2) is 9.63. The summed E-state index contributed by atoms with van der Waals surface area (Å²) in [5.41, 5.74) is 2.96. The zero-order valence-corrected chi connectivity index (χ0v) is 19.6. The number of hydrogen-bond donors (Lipinski definition) is 0. The molecule has 0 N–H and O–H groups in total. The van der Waals surface area contributed by atoms with E-state index in [0.717, 1.165) is 27.9 Å². The molecule has 1 aromatic heterocycles. The molecule has 0 bridgehead atoms. The first kappa shape index (κ1) is 22.2. The Morgan fingerprint density at radius 3 is 2.53 bits per heavy atom. The highest BCUT2D eigenvalue weighted by Crippen LogP contribution is 2.36. The van der Waals surface area contributed by atoms with Crippen LogP contribution >= 0.6 is 11.8 Å². The van der Waals surface area contributed by atoms with Gasteiger partial charge in [-0.15, -0.1) is 0 Å². The number of rotatable bonds is 7. The summed E-state index contributed by atoms with van der Waals surface area (Å²) in [6.45, 7) is 5.20. The van der Waals surface area contributed by atoms with Crippen molar-refractivity contribution in [2.24, 2.45) is 4.99 Å². The molecule has 0 aliphatic carbocycles. The summed E-state index contributed by atoms with van der Waals surface area (Å²) in [5, 5.41) is 1.78. The predicted octanol–water partition coefficient (Wildman–Crippen LogP) is 5.48. The summed E-state index contributed by atoms with van der Waals surface area (Å²) in [7, 11) is 3.26. The van der Waals surface area contributed by atoms with Crippen molar-refractivity contribution in [2.75, 3.05) is 27.4 Å². The van der Waals surface area contributed by atoms with E-state index in [9.17, 15) is 4.79 Å². The smallest absolute Gasteiger partial charge is 0.266 e. The predicted molar refractivity (Wildman–Crippen MR) is 132 cm³/mol. The Morgan fingerprint density at radius 1 is 1.09 bits per heavy atom. The maximum absolute atomic E-state index is 13.3. The molecule has 166 valence electrons. The number of benzene rings is 2. The first-order chi connectivity index (χ1) is 15.5. The number of hydrogen-bond acceptors (Lipinski definition) is 5. The van der Waals surface area contributed by atoms with Gasteiger partial charge in [0, 0.05) is 35.8 Å². The van der Waals surface area contributed by atoms with E-state index in [4.69, 9.17) is 14.5 Å². The Balaban J connectivity index is 1.72. The van der Waals surface area contributed by atoms with E-state index in [-0.39, 0.29) is 5.91 Å². The molecule has 0 saturated carbocycles. The molecule has 2 heterocycles. The van der Waals surface area contributed by atoms with Crippen molar-refractivity contribution >= 4 is 45.5 Å². The number of amidine groups is 1. The standard InChI is InChI=1S/C25H27N3O3S/c1-17(2)28-16-18(21-7-5-6-8-22(21)28)15-23-24(29)27(13-14-30-3)25(32-23)26-19-9-11-20(31-4)12-10-19/h5-12,15-17H,13-14H2,1-4H3/b23-15-,26-25?. The average Bonchev–Trinajstić information content (AvgIpc) is 3.31. The lowest BCUT2D eigenvalue weighted by molar-refractivity contribution is -0.122. The van der Waals surface area contributed by atoms with Gasteiger partial charge in [0.1, 0.15) is 5.75 Å². The van der Waals surface area contributed by atoms with Crippen molar-refractivity contribution in [1.29, 1.82) is 0 Å². The molecule has 1 fully saturated rings. The molecule has 0 spiro atoms. The average molecular weight is 450 g/mol. The first-order valence-electron chi connectivity index (χ1n) is 10.5. The van der Waals surface area contributed by atoms with Crippen molar-refractivity contribution in [1.82, 2.24) is 9.47 Å². The first-order valence-corrected chi connectivity index (χ1v) is 11.4. The van der Waals surface area contributed by atoms with E-state index in [0.29, 0.717) is 29.3 Å². The highest BCUT2D eigenvalue weighted by molar-refractivity contribution is 8.18. The minimum Gasteiger partial charge on any atom is -0.497 e.